The fraction of sp³-hybridized carbons (Fsp3) is 0.117. The summed E-state index contributed by atoms with van der Waals surface area (Å²) in [4.78, 5) is 2.47. The van der Waals surface area contributed by atoms with E-state index in [2.05, 4.69) is 284 Å². The highest BCUT2D eigenvalue weighted by molar-refractivity contribution is 6.00. The van der Waals surface area contributed by atoms with Crippen LogP contribution in [0.5, 0.6) is 0 Å². The number of nitrogens with zero attached hydrogens (tertiary/aromatic N) is 2. The van der Waals surface area contributed by atoms with Crippen molar-refractivity contribution < 1.29 is 0 Å². The number of aromatic nitrogens is 1. The first kappa shape index (κ1) is 48.0. The summed E-state index contributed by atoms with van der Waals surface area (Å²) in [5, 5.41) is 1.34. The third kappa shape index (κ3) is 8.92. The topological polar surface area (TPSA) is 8.17 Å². The Hall–Kier alpha value is -9.42. The quantitative estimate of drug-likeness (QED) is 0.118. The minimum atomic E-state index is -0.220. The van der Waals surface area contributed by atoms with Crippen molar-refractivity contribution in [3.8, 4) is 44.5 Å². The van der Waals surface area contributed by atoms with Gasteiger partial charge in [-0.15, -0.1) is 0 Å². The summed E-state index contributed by atoms with van der Waals surface area (Å²) in [5.74, 6) is 0. The molecule has 10 aromatic carbocycles. The second-order valence-corrected chi connectivity index (χ2v) is 22.1. The molecule has 14 rings (SSSR count). The van der Waals surface area contributed by atoms with Gasteiger partial charge < -0.3 is 9.47 Å². The number of benzene rings is 9. The average Bonchev–Trinajstić information content (AvgIpc) is 4.09. The lowest BCUT2D eigenvalue weighted by Crippen LogP contribution is -2.17. The third-order valence-corrected chi connectivity index (χ3v) is 17.0. The molecule has 0 aliphatic heterocycles. The molecule has 378 valence electrons. The molecule has 1 aromatic heterocycles. The Kier molecular flexibility index (Phi) is 12.3. The van der Waals surface area contributed by atoms with Crippen molar-refractivity contribution >= 4 is 45.3 Å². The first-order valence-electron chi connectivity index (χ1n) is 28.1. The van der Waals surface area contributed by atoms with Crippen LogP contribution in [0.15, 0.2) is 249 Å². The van der Waals surface area contributed by atoms with Crippen LogP contribution in [0.3, 0.4) is 0 Å². The number of fused-ring (bicyclic) bond motifs is 6. The molecule has 0 amide bonds. The van der Waals surface area contributed by atoms with Crippen LogP contribution >= 0.6 is 0 Å². The summed E-state index contributed by atoms with van der Waals surface area (Å²) in [6.45, 7) is 4.79. The SMILES string of the molecule is CC1(C)c2cc(-c3ccccc3)ccc2-c2ccc(N(c3ccc(-c4ccc(C5=Cc6c(n(C7=CC=CCC7)c7ccccc67)CC5)cc4)cc3)c3ccc(Cc4ccccc4)c(-c4ccccc4Cc4c#cccc4)c3)cc21. The Morgan fingerprint density at radius 1 is 0.494 bits per heavy atom. The van der Waals surface area contributed by atoms with Gasteiger partial charge in [0.25, 0.3) is 0 Å². The van der Waals surface area contributed by atoms with Crippen LogP contribution in [-0.4, -0.2) is 4.57 Å². The molecule has 2 heteroatoms. The lowest BCUT2D eigenvalue weighted by atomic mass is 9.81. The molecule has 0 fully saturated rings. The number of hydrogen-bond donors (Lipinski definition) is 0. The zero-order valence-corrected chi connectivity index (χ0v) is 44.9. The smallest absolute Gasteiger partial charge is 0.0534 e. The minimum Gasteiger partial charge on any atom is -0.317 e. The summed E-state index contributed by atoms with van der Waals surface area (Å²) in [5.41, 5.74) is 29.0. The predicted molar refractivity (Wildman–Crippen MR) is 332 cm³/mol. The van der Waals surface area contributed by atoms with Gasteiger partial charge in [-0.2, -0.15) is 0 Å². The molecule has 3 aliphatic rings. The summed E-state index contributed by atoms with van der Waals surface area (Å²) < 4.78 is 2.55. The van der Waals surface area contributed by atoms with Crippen molar-refractivity contribution in [2.45, 2.75) is 57.8 Å². The van der Waals surface area contributed by atoms with Gasteiger partial charge in [0.05, 0.1) is 5.52 Å². The van der Waals surface area contributed by atoms with Gasteiger partial charge >= 0.3 is 0 Å². The molecular formula is C77H60N2. The summed E-state index contributed by atoms with van der Waals surface area (Å²) in [6, 6.07) is 92.1. The monoisotopic (exact) mass is 1010 g/mol. The maximum atomic E-state index is 3.38. The molecule has 3 aliphatic carbocycles. The molecule has 0 atom stereocenters. The van der Waals surface area contributed by atoms with E-state index >= 15 is 0 Å². The molecule has 0 radical (unpaired) electrons. The third-order valence-electron chi connectivity index (χ3n) is 17.0. The maximum absolute atomic E-state index is 3.38. The van der Waals surface area contributed by atoms with Crippen molar-refractivity contribution in [2.75, 3.05) is 4.90 Å². The van der Waals surface area contributed by atoms with Gasteiger partial charge in [0.15, 0.2) is 0 Å². The van der Waals surface area contributed by atoms with Crippen LogP contribution in [0.4, 0.5) is 17.1 Å². The lowest BCUT2D eigenvalue weighted by Gasteiger charge is -2.29. The van der Waals surface area contributed by atoms with Gasteiger partial charge in [0, 0.05) is 56.8 Å². The zero-order valence-electron chi connectivity index (χ0n) is 44.9. The Morgan fingerprint density at radius 3 is 1.92 bits per heavy atom. The van der Waals surface area contributed by atoms with Crippen LogP contribution in [0.25, 0.3) is 72.8 Å². The van der Waals surface area contributed by atoms with Crippen molar-refractivity contribution in [1.29, 1.82) is 0 Å². The van der Waals surface area contributed by atoms with E-state index in [1.54, 1.807) is 0 Å². The summed E-state index contributed by atoms with van der Waals surface area (Å²) in [7, 11) is 0. The number of para-hydroxylation sites is 1. The van der Waals surface area contributed by atoms with E-state index < -0.39 is 0 Å². The molecule has 0 bridgehead atoms. The molecule has 79 heavy (non-hydrogen) atoms. The first-order chi connectivity index (χ1) is 38.9. The van der Waals surface area contributed by atoms with Gasteiger partial charge in [0.1, 0.15) is 0 Å². The summed E-state index contributed by atoms with van der Waals surface area (Å²) >= 11 is 0. The lowest BCUT2D eigenvalue weighted by molar-refractivity contribution is 0.660. The second kappa shape index (κ2) is 20.2. The molecule has 0 spiro atoms. The standard InChI is InChI=1S/C77H60N2/c1-77(2)73-50-60(55-23-11-5-12-24-55)38-44-68(73)69-45-43-66(52-74(69)77)78(65-42-37-62(48-54-21-9-4-10-22-54)71(51-65)67-28-16-15-25-61(67)47-53-19-7-3-8-20-53)64-40-35-57(36-41-64)56-31-33-58(34-32-56)59-39-46-76-72(49-59)70-29-17-18-30-75(70)79(76)63-26-13-6-14-27-63/h3-7,9-13,15-19,21-26,28-38,40-45,49-52H,14,27,39,46-48H2,1-2H3. The molecule has 0 saturated carbocycles. The average molecular weight is 1010 g/mol. The van der Waals surface area contributed by atoms with E-state index in [4.69, 9.17) is 0 Å². The van der Waals surface area contributed by atoms with Gasteiger partial charge in [-0.25, -0.2) is 0 Å². The van der Waals surface area contributed by atoms with Crippen LogP contribution in [0, 0.1) is 12.1 Å². The molecule has 0 unspecified atom stereocenters. The zero-order chi connectivity index (χ0) is 52.9. The maximum Gasteiger partial charge on any atom is 0.0534 e. The Bertz CT molecular complexity index is 4170. The molecule has 1 heterocycles. The minimum absolute atomic E-state index is 0.220. The van der Waals surface area contributed by atoms with E-state index in [1.165, 1.54) is 111 Å². The van der Waals surface area contributed by atoms with Crippen molar-refractivity contribution in [3.63, 3.8) is 0 Å². The number of allylic oxidation sites excluding steroid dienone is 5. The number of hydrogen-bond acceptors (Lipinski definition) is 1. The predicted octanol–water partition coefficient (Wildman–Crippen LogP) is 19.9. The van der Waals surface area contributed by atoms with E-state index in [0.717, 1.165) is 61.2 Å². The highest BCUT2D eigenvalue weighted by atomic mass is 15.1. The molecular weight excluding hydrogens is 953 g/mol. The molecule has 0 N–H and O–H groups in total. The van der Waals surface area contributed by atoms with Crippen molar-refractivity contribution in [1.82, 2.24) is 4.57 Å². The highest BCUT2D eigenvalue weighted by Gasteiger charge is 2.36. The van der Waals surface area contributed by atoms with Crippen molar-refractivity contribution in [3.05, 3.63) is 311 Å². The largest absolute Gasteiger partial charge is 0.317 e. The Balaban J connectivity index is 0.850. The summed E-state index contributed by atoms with van der Waals surface area (Å²) in [6.07, 6.45) is 15.1. The van der Waals surface area contributed by atoms with Crippen LogP contribution in [0.1, 0.15) is 83.3 Å². The van der Waals surface area contributed by atoms with Crippen LogP contribution < -0.4 is 4.90 Å². The fourth-order valence-electron chi connectivity index (χ4n) is 12.9. The van der Waals surface area contributed by atoms with E-state index in [-0.39, 0.29) is 5.41 Å². The van der Waals surface area contributed by atoms with Gasteiger partial charge in [-0.3, -0.25) is 0 Å². The van der Waals surface area contributed by atoms with E-state index in [1.807, 2.05) is 6.07 Å². The molecule has 0 saturated heterocycles. The fourth-order valence-corrected chi connectivity index (χ4v) is 12.9. The molecule has 11 aromatic rings. The normalized spacial score (nSPS) is 13.9. The molecule has 2 nitrogen and oxygen atoms in total. The van der Waals surface area contributed by atoms with Gasteiger partial charge in [0.2, 0.25) is 0 Å². The van der Waals surface area contributed by atoms with Crippen LogP contribution in [-0.2, 0) is 24.7 Å². The highest BCUT2D eigenvalue weighted by Crippen LogP contribution is 2.52. The Morgan fingerprint density at radius 2 is 1.14 bits per heavy atom. The van der Waals surface area contributed by atoms with Gasteiger partial charge in [-0.05, 0) is 188 Å². The van der Waals surface area contributed by atoms with E-state index in [0.29, 0.717) is 0 Å². The van der Waals surface area contributed by atoms with Gasteiger partial charge in [-0.1, -0.05) is 208 Å². The number of rotatable bonds is 12. The van der Waals surface area contributed by atoms with Crippen LogP contribution in [0.2, 0.25) is 0 Å². The first-order valence-corrected chi connectivity index (χ1v) is 28.1. The Labute approximate surface area is 465 Å². The second-order valence-electron chi connectivity index (χ2n) is 22.1. The number of anilines is 3. The van der Waals surface area contributed by atoms with E-state index in [9.17, 15) is 0 Å². The van der Waals surface area contributed by atoms with Crippen molar-refractivity contribution in [2.24, 2.45) is 0 Å².